The van der Waals surface area contributed by atoms with Crippen molar-refractivity contribution in [2.75, 3.05) is 31.1 Å². The Balaban J connectivity index is 1.34. The summed E-state index contributed by atoms with van der Waals surface area (Å²) >= 11 is 1.33. The standard InChI is InChI=1S/C19H14N6O4S/c20-10-13-18(29-15(22-13)14-2-1-8-28-14)24-5-3-23(4-6-24)16(26)12-11-21-19-25(17(12)27)7-9-30-19/h1-2,7-9,11H,3-6H2. The number of piperazine rings is 1. The van der Waals surface area contributed by atoms with Crippen molar-refractivity contribution in [1.29, 1.82) is 5.26 Å². The van der Waals surface area contributed by atoms with Gasteiger partial charge in [-0.1, -0.05) is 0 Å². The first-order chi connectivity index (χ1) is 14.7. The van der Waals surface area contributed by atoms with Crippen molar-refractivity contribution in [2.45, 2.75) is 0 Å². The van der Waals surface area contributed by atoms with Crippen LogP contribution in [-0.4, -0.2) is 51.4 Å². The van der Waals surface area contributed by atoms with Crippen molar-refractivity contribution < 1.29 is 13.6 Å². The number of hydrogen-bond donors (Lipinski definition) is 0. The van der Waals surface area contributed by atoms with E-state index in [2.05, 4.69) is 9.97 Å². The Morgan fingerprint density at radius 2 is 2.10 bits per heavy atom. The predicted octanol–water partition coefficient (Wildman–Crippen LogP) is 1.84. The van der Waals surface area contributed by atoms with Crippen molar-refractivity contribution in [2.24, 2.45) is 0 Å². The molecular formula is C19H14N6O4S. The Bertz CT molecular complexity index is 1320. The molecule has 0 saturated carbocycles. The second kappa shape index (κ2) is 7.16. The monoisotopic (exact) mass is 422 g/mol. The molecule has 1 saturated heterocycles. The van der Waals surface area contributed by atoms with E-state index in [0.717, 1.165) is 0 Å². The molecule has 0 radical (unpaired) electrons. The number of thiazole rings is 1. The van der Waals surface area contributed by atoms with E-state index in [0.29, 0.717) is 42.8 Å². The maximum Gasteiger partial charge on any atom is 0.271 e. The first-order valence-electron chi connectivity index (χ1n) is 9.09. The number of amides is 1. The Kier molecular flexibility index (Phi) is 4.33. The van der Waals surface area contributed by atoms with Crippen LogP contribution in [0.2, 0.25) is 0 Å². The fraction of sp³-hybridized carbons (Fsp3) is 0.211. The summed E-state index contributed by atoms with van der Waals surface area (Å²) in [5.74, 6) is 0.649. The van der Waals surface area contributed by atoms with Gasteiger partial charge in [-0.25, -0.2) is 4.98 Å². The lowest BCUT2D eigenvalue weighted by Gasteiger charge is -2.34. The van der Waals surface area contributed by atoms with Crippen molar-refractivity contribution in [1.82, 2.24) is 19.3 Å². The van der Waals surface area contributed by atoms with Gasteiger partial charge in [0.05, 0.1) is 6.26 Å². The number of anilines is 1. The molecule has 30 heavy (non-hydrogen) atoms. The summed E-state index contributed by atoms with van der Waals surface area (Å²) in [5, 5.41) is 11.2. The predicted molar refractivity (Wildman–Crippen MR) is 106 cm³/mol. The number of carbonyl (C=O) groups is 1. The average Bonchev–Trinajstić information content (AvgIpc) is 3.53. The summed E-state index contributed by atoms with van der Waals surface area (Å²) in [6.45, 7) is 1.60. The van der Waals surface area contributed by atoms with Gasteiger partial charge in [0.15, 0.2) is 10.7 Å². The van der Waals surface area contributed by atoms with Gasteiger partial charge in [0.25, 0.3) is 17.4 Å². The van der Waals surface area contributed by atoms with E-state index in [-0.39, 0.29) is 28.6 Å². The third kappa shape index (κ3) is 2.94. The van der Waals surface area contributed by atoms with Gasteiger partial charge in [0, 0.05) is 44.0 Å². The van der Waals surface area contributed by atoms with E-state index in [1.54, 1.807) is 28.6 Å². The number of carbonyl (C=O) groups excluding carboxylic acids is 1. The average molecular weight is 422 g/mol. The fourth-order valence-corrected chi connectivity index (χ4v) is 4.03. The number of nitrogens with zero attached hydrogens (tertiary/aromatic N) is 6. The van der Waals surface area contributed by atoms with Gasteiger partial charge in [-0.05, 0) is 12.1 Å². The van der Waals surface area contributed by atoms with Gasteiger partial charge in [-0.2, -0.15) is 10.2 Å². The smallest absolute Gasteiger partial charge is 0.271 e. The zero-order chi connectivity index (χ0) is 20.7. The normalized spacial score (nSPS) is 14.2. The molecule has 0 bridgehead atoms. The Morgan fingerprint density at radius 1 is 1.27 bits per heavy atom. The molecule has 0 aromatic carbocycles. The molecule has 1 aliphatic rings. The summed E-state index contributed by atoms with van der Waals surface area (Å²) < 4.78 is 12.4. The molecule has 10 nitrogen and oxygen atoms in total. The highest BCUT2D eigenvalue weighted by Crippen LogP contribution is 2.29. The number of oxazole rings is 1. The molecule has 5 heterocycles. The molecule has 5 rings (SSSR count). The van der Waals surface area contributed by atoms with Crippen LogP contribution in [0.5, 0.6) is 0 Å². The molecule has 0 atom stereocenters. The Hall–Kier alpha value is -3.91. The minimum atomic E-state index is -0.376. The van der Waals surface area contributed by atoms with E-state index in [4.69, 9.17) is 8.83 Å². The quantitative estimate of drug-likeness (QED) is 0.490. The van der Waals surface area contributed by atoms with Crippen molar-refractivity contribution in [3.63, 3.8) is 0 Å². The fourth-order valence-electron chi connectivity index (χ4n) is 3.36. The van der Waals surface area contributed by atoms with E-state index in [1.165, 1.54) is 28.2 Å². The van der Waals surface area contributed by atoms with E-state index < -0.39 is 0 Å². The number of nitriles is 1. The highest BCUT2D eigenvalue weighted by atomic mass is 32.1. The van der Waals surface area contributed by atoms with Crippen LogP contribution < -0.4 is 10.5 Å². The van der Waals surface area contributed by atoms with Gasteiger partial charge < -0.3 is 18.6 Å². The van der Waals surface area contributed by atoms with Crippen LogP contribution in [0.1, 0.15) is 16.1 Å². The van der Waals surface area contributed by atoms with Crippen LogP contribution >= 0.6 is 11.3 Å². The first kappa shape index (κ1) is 18.1. The lowest BCUT2D eigenvalue weighted by atomic mass is 10.2. The van der Waals surface area contributed by atoms with Gasteiger partial charge in [0.1, 0.15) is 11.6 Å². The van der Waals surface area contributed by atoms with Crippen LogP contribution in [0.25, 0.3) is 16.6 Å². The zero-order valence-electron chi connectivity index (χ0n) is 15.5. The van der Waals surface area contributed by atoms with E-state index in [1.807, 2.05) is 11.0 Å². The van der Waals surface area contributed by atoms with E-state index >= 15 is 0 Å². The maximum absolute atomic E-state index is 12.9. The number of furan rings is 1. The van der Waals surface area contributed by atoms with Crippen LogP contribution in [0, 0.1) is 11.3 Å². The molecule has 150 valence electrons. The van der Waals surface area contributed by atoms with Crippen LogP contribution in [0.15, 0.2) is 49.8 Å². The summed E-state index contributed by atoms with van der Waals surface area (Å²) in [7, 11) is 0. The second-order valence-electron chi connectivity index (χ2n) is 6.57. The Labute approximate surface area is 173 Å². The molecule has 4 aromatic heterocycles. The first-order valence-corrected chi connectivity index (χ1v) is 9.97. The SMILES string of the molecule is N#Cc1nc(-c2ccco2)oc1N1CCN(C(=O)c2cnc3sccn3c2=O)CC1. The summed E-state index contributed by atoms with van der Waals surface area (Å²) in [6.07, 6.45) is 4.44. The van der Waals surface area contributed by atoms with Gasteiger partial charge in [-0.15, -0.1) is 11.3 Å². The molecule has 11 heteroatoms. The van der Waals surface area contributed by atoms with Crippen LogP contribution in [0.3, 0.4) is 0 Å². The van der Waals surface area contributed by atoms with Gasteiger partial charge >= 0.3 is 0 Å². The summed E-state index contributed by atoms with van der Waals surface area (Å²) in [4.78, 5) is 37.8. The number of aromatic nitrogens is 3. The molecular weight excluding hydrogens is 408 g/mol. The van der Waals surface area contributed by atoms with Crippen molar-refractivity contribution in [3.05, 3.63) is 57.8 Å². The lowest BCUT2D eigenvalue weighted by molar-refractivity contribution is 0.0743. The molecule has 0 aliphatic carbocycles. The number of fused-ring (bicyclic) bond motifs is 1. The molecule has 0 unspecified atom stereocenters. The van der Waals surface area contributed by atoms with Gasteiger partial charge in [0.2, 0.25) is 11.6 Å². The second-order valence-corrected chi connectivity index (χ2v) is 7.45. The van der Waals surface area contributed by atoms with E-state index in [9.17, 15) is 14.9 Å². The van der Waals surface area contributed by atoms with Crippen LogP contribution in [-0.2, 0) is 0 Å². The molecule has 0 N–H and O–H groups in total. The molecule has 4 aromatic rings. The maximum atomic E-state index is 12.9. The topological polar surface area (TPSA) is 121 Å². The molecule has 1 amide bonds. The number of rotatable bonds is 3. The molecule has 1 aliphatic heterocycles. The van der Waals surface area contributed by atoms with Crippen molar-refractivity contribution in [3.8, 4) is 17.7 Å². The highest BCUT2D eigenvalue weighted by molar-refractivity contribution is 7.15. The summed E-state index contributed by atoms with van der Waals surface area (Å²) in [5.41, 5.74) is -0.179. The largest absolute Gasteiger partial charge is 0.459 e. The summed E-state index contributed by atoms with van der Waals surface area (Å²) in [6, 6.07) is 5.44. The third-order valence-corrected chi connectivity index (χ3v) is 5.65. The van der Waals surface area contributed by atoms with Gasteiger partial charge in [-0.3, -0.25) is 14.0 Å². The number of hydrogen-bond acceptors (Lipinski definition) is 9. The van der Waals surface area contributed by atoms with Crippen molar-refractivity contribution >= 4 is 28.1 Å². The molecule has 0 spiro atoms. The minimum absolute atomic E-state index is 0.0387. The molecule has 1 fully saturated rings. The zero-order valence-corrected chi connectivity index (χ0v) is 16.3. The highest BCUT2D eigenvalue weighted by Gasteiger charge is 2.28. The Morgan fingerprint density at radius 3 is 2.83 bits per heavy atom. The lowest BCUT2D eigenvalue weighted by Crippen LogP contribution is -2.49. The van der Waals surface area contributed by atoms with Crippen LogP contribution in [0.4, 0.5) is 5.88 Å². The third-order valence-electron chi connectivity index (χ3n) is 4.87. The minimum Gasteiger partial charge on any atom is -0.459 e.